The molecular formula is C21H26FN. The van der Waals surface area contributed by atoms with Crippen LogP contribution in [0.15, 0.2) is 70.9 Å². The lowest BCUT2D eigenvalue weighted by atomic mass is 9.94. The first kappa shape index (κ1) is 18.8. The average molecular weight is 311 g/mol. The van der Waals surface area contributed by atoms with Crippen LogP contribution < -0.4 is 0 Å². The molecular weight excluding hydrogens is 285 g/mol. The van der Waals surface area contributed by atoms with Gasteiger partial charge >= 0.3 is 0 Å². The summed E-state index contributed by atoms with van der Waals surface area (Å²) in [5.74, 6) is -0.167. The van der Waals surface area contributed by atoms with Crippen LogP contribution in [0, 0.1) is 12.7 Å². The van der Waals surface area contributed by atoms with Crippen molar-refractivity contribution in [3.8, 4) is 0 Å². The van der Waals surface area contributed by atoms with Crippen LogP contribution in [0.4, 0.5) is 4.39 Å². The highest BCUT2D eigenvalue weighted by molar-refractivity contribution is 5.51. The van der Waals surface area contributed by atoms with Crippen molar-refractivity contribution < 1.29 is 4.39 Å². The molecule has 122 valence electrons. The van der Waals surface area contributed by atoms with Crippen molar-refractivity contribution in [2.24, 2.45) is 4.99 Å². The Bertz CT molecular complexity index is 662. The Labute approximate surface area is 139 Å². The Morgan fingerprint density at radius 2 is 1.96 bits per heavy atom. The van der Waals surface area contributed by atoms with Gasteiger partial charge in [-0.15, -0.1) is 0 Å². The Kier molecular flexibility index (Phi) is 7.40. The molecule has 0 spiro atoms. The molecule has 0 aliphatic rings. The molecule has 0 saturated carbocycles. The van der Waals surface area contributed by atoms with Crippen molar-refractivity contribution in [1.82, 2.24) is 0 Å². The van der Waals surface area contributed by atoms with Crippen LogP contribution in [0.25, 0.3) is 0 Å². The second kappa shape index (κ2) is 9.04. The largest absolute Gasteiger partial charge is 0.264 e. The summed E-state index contributed by atoms with van der Waals surface area (Å²) in [4.78, 5) is 4.15. The van der Waals surface area contributed by atoms with Crippen LogP contribution in [0.2, 0.25) is 0 Å². The minimum absolute atomic E-state index is 0.167. The van der Waals surface area contributed by atoms with E-state index >= 15 is 0 Å². The third-order valence-electron chi connectivity index (χ3n) is 3.83. The van der Waals surface area contributed by atoms with E-state index in [-0.39, 0.29) is 5.82 Å². The molecule has 0 saturated heterocycles. The maximum Gasteiger partial charge on any atom is 0.126 e. The number of nitrogens with zero attached hydrogens (tertiary/aromatic N) is 1. The monoisotopic (exact) mass is 311 g/mol. The van der Waals surface area contributed by atoms with Gasteiger partial charge in [0.15, 0.2) is 0 Å². The lowest BCUT2D eigenvalue weighted by Gasteiger charge is -2.13. The van der Waals surface area contributed by atoms with Gasteiger partial charge in [0, 0.05) is 5.57 Å². The first-order chi connectivity index (χ1) is 10.9. The first-order valence-electron chi connectivity index (χ1n) is 7.89. The molecule has 0 aromatic heterocycles. The fraction of sp³-hybridized carbons (Fsp3) is 0.286. The van der Waals surface area contributed by atoms with E-state index in [1.54, 1.807) is 6.92 Å². The van der Waals surface area contributed by atoms with E-state index in [4.69, 9.17) is 0 Å². The fourth-order valence-electron chi connectivity index (χ4n) is 2.38. The highest BCUT2D eigenvalue weighted by atomic mass is 19.1. The van der Waals surface area contributed by atoms with Crippen molar-refractivity contribution in [2.45, 2.75) is 40.0 Å². The van der Waals surface area contributed by atoms with Gasteiger partial charge < -0.3 is 0 Å². The van der Waals surface area contributed by atoms with Gasteiger partial charge in [0.2, 0.25) is 0 Å². The number of halogens is 1. The second-order valence-corrected chi connectivity index (χ2v) is 5.56. The molecule has 0 aliphatic carbocycles. The zero-order chi connectivity index (χ0) is 17.4. The van der Waals surface area contributed by atoms with Gasteiger partial charge in [-0.1, -0.05) is 44.4 Å². The lowest BCUT2D eigenvalue weighted by Crippen LogP contribution is -1.97. The minimum Gasteiger partial charge on any atom is -0.264 e. The zero-order valence-electron chi connectivity index (χ0n) is 14.5. The number of allylic oxidation sites excluding steroid dienone is 5. The quantitative estimate of drug-likeness (QED) is 0.405. The predicted molar refractivity (Wildman–Crippen MR) is 99.4 cm³/mol. The third-order valence-corrected chi connectivity index (χ3v) is 3.83. The van der Waals surface area contributed by atoms with Crippen molar-refractivity contribution in [3.05, 3.63) is 82.9 Å². The maximum absolute atomic E-state index is 13.3. The summed E-state index contributed by atoms with van der Waals surface area (Å²) in [6.07, 6.45) is 6.38. The molecule has 0 heterocycles. The SMILES string of the molecule is C=N/C(C(=C)CC)=C(/C=C\C)C(=C)CCc1ccc(F)c(C)c1. The van der Waals surface area contributed by atoms with Gasteiger partial charge in [0.1, 0.15) is 5.82 Å². The predicted octanol–water partition coefficient (Wildman–Crippen LogP) is 6.12. The molecule has 0 amide bonds. The number of aryl methyl sites for hydroxylation is 2. The minimum atomic E-state index is -0.167. The molecule has 0 atom stereocenters. The summed E-state index contributed by atoms with van der Waals surface area (Å²) >= 11 is 0. The van der Waals surface area contributed by atoms with Gasteiger partial charge in [-0.25, -0.2) is 4.39 Å². The van der Waals surface area contributed by atoms with Crippen LogP contribution in [0.1, 0.15) is 37.8 Å². The number of hydrogen-bond donors (Lipinski definition) is 0. The molecule has 0 aliphatic heterocycles. The Hall–Kier alpha value is -2.22. The smallest absolute Gasteiger partial charge is 0.126 e. The summed E-state index contributed by atoms with van der Waals surface area (Å²) < 4.78 is 13.3. The van der Waals surface area contributed by atoms with Gasteiger partial charge in [-0.2, -0.15) is 0 Å². The highest BCUT2D eigenvalue weighted by Gasteiger charge is 2.10. The van der Waals surface area contributed by atoms with Crippen molar-refractivity contribution in [2.75, 3.05) is 0 Å². The topological polar surface area (TPSA) is 12.4 Å². The normalized spacial score (nSPS) is 12.2. The molecule has 1 aromatic rings. The Morgan fingerprint density at radius 3 is 2.48 bits per heavy atom. The third kappa shape index (κ3) is 5.17. The number of hydrogen-bond acceptors (Lipinski definition) is 1. The molecule has 0 fully saturated rings. The Morgan fingerprint density at radius 1 is 1.26 bits per heavy atom. The van der Waals surface area contributed by atoms with Crippen LogP contribution in [0.3, 0.4) is 0 Å². The average Bonchev–Trinajstić information content (AvgIpc) is 2.55. The van der Waals surface area contributed by atoms with Gasteiger partial charge in [0.25, 0.3) is 0 Å². The van der Waals surface area contributed by atoms with E-state index in [0.717, 1.165) is 47.2 Å². The van der Waals surface area contributed by atoms with Crippen LogP contribution >= 0.6 is 0 Å². The first-order valence-corrected chi connectivity index (χ1v) is 7.89. The standard InChI is InChI=1S/C21H26FN/c1-7-9-19(21(23-6)15(3)8-2)16(4)10-11-18-12-13-20(22)17(5)14-18/h7,9,12-14H,3-4,6,8,10-11H2,1-2,5H3/b9-7-,21-19-. The second-order valence-electron chi connectivity index (χ2n) is 5.56. The van der Waals surface area contributed by atoms with Gasteiger partial charge in [-0.3, -0.25) is 4.99 Å². The fourth-order valence-corrected chi connectivity index (χ4v) is 2.38. The maximum atomic E-state index is 13.3. The molecule has 1 nitrogen and oxygen atoms in total. The summed E-state index contributed by atoms with van der Waals surface area (Å²) in [5, 5.41) is 0. The zero-order valence-corrected chi connectivity index (χ0v) is 14.5. The lowest BCUT2D eigenvalue weighted by molar-refractivity contribution is 0.617. The van der Waals surface area contributed by atoms with Crippen LogP contribution in [0.5, 0.6) is 0 Å². The summed E-state index contributed by atoms with van der Waals surface area (Å²) in [7, 11) is 0. The van der Waals surface area contributed by atoms with Crippen molar-refractivity contribution in [3.63, 3.8) is 0 Å². The molecule has 2 heteroatoms. The van der Waals surface area contributed by atoms with E-state index in [1.165, 1.54) is 6.07 Å². The van der Waals surface area contributed by atoms with Crippen molar-refractivity contribution in [1.29, 1.82) is 0 Å². The highest BCUT2D eigenvalue weighted by Crippen LogP contribution is 2.26. The number of rotatable bonds is 8. The number of aliphatic imine (C=N–C) groups is 1. The molecule has 0 radical (unpaired) electrons. The summed E-state index contributed by atoms with van der Waals surface area (Å²) in [5.41, 5.74) is 5.51. The van der Waals surface area contributed by atoms with Crippen LogP contribution in [-0.2, 0) is 6.42 Å². The van der Waals surface area contributed by atoms with Gasteiger partial charge in [-0.05, 0) is 68.2 Å². The summed E-state index contributed by atoms with van der Waals surface area (Å²) in [6.45, 7) is 17.7. The molecule has 1 aromatic carbocycles. The molecule has 0 bridgehead atoms. The van der Waals surface area contributed by atoms with E-state index in [9.17, 15) is 4.39 Å². The molecule has 1 rings (SSSR count). The van der Waals surface area contributed by atoms with E-state index < -0.39 is 0 Å². The van der Waals surface area contributed by atoms with E-state index in [0.29, 0.717) is 5.56 Å². The van der Waals surface area contributed by atoms with E-state index in [1.807, 2.05) is 38.1 Å². The summed E-state index contributed by atoms with van der Waals surface area (Å²) in [6, 6.07) is 5.23. The molecule has 0 unspecified atom stereocenters. The molecule has 0 N–H and O–H groups in total. The van der Waals surface area contributed by atoms with Crippen LogP contribution in [-0.4, -0.2) is 6.72 Å². The molecule has 23 heavy (non-hydrogen) atoms. The van der Waals surface area contributed by atoms with E-state index in [2.05, 4.69) is 24.9 Å². The Balaban J connectivity index is 2.98. The van der Waals surface area contributed by atoms with Crippen molar-refractivity contribution >= 4 is 6.72 Å². The number of benzene rings is 1. The van der Waals surface area contributed by atoms with Gasteiger partial charge in [0.05, 0.1) is 5.70 Å².